The molecule has 4 N–H and O–H groups in total. The summed E-state index contributed by atoms with van der Waals surface area (Å²) in [4.78, 5) is 53.6. The molecule has 0 unspecified atom stereocenters. The highest BCUT2D eigenvalue weighted by Gasteiger charge is 2.25. The first-order chi connectivity index (χ1) is 30.2. The quantitative estimate of drug-likeness (QED) is 0.0365. The van der Waals surface area contributed by atoms with E-state index in [2.05, 4.69) is 35.1 Å². The zero-order valence-corrected chi connectivity index (χ0v) is 38.5. The molecule has 0 aromatic heterocycles. The fourth-order valence-electron chi connectivity index (χ4n) is 7.57. The Hall–Kier alpha value is -4.86. The Labute approximate surface area is 373 Å². The molecule has 0 aliphatic heterocycles. The van der Waals surface area contributed by atoms with Gasteiger partial charge in [-0.25, -0.2) is 19.2 Å². The number of rotatable bonds is 32. The second kappa shape index (κ2) is 31.9. The highest BCUT2D eigenvalue weighted by Crippen LogP contribution is 2.25. The van der Waals surface area contributed by atoms with Crippen LogP contribution in [-0.4, -0.2) is 49.3 Å². The summed E-state index contributed by atoms with van der Waals surface area (Å²) < 4.78 is 11.4. The minimum Gasteiger partial charge on any atom is -0.464 e. The Morgan fingerprint density at radius 2 is 0.774 bits per heavy atom. The molecule has 0 radical (unpaired) electrons. The Morgan fingerprint density at radius 3 is 1.11 bits per heavy atom. The molecule has 0 bridgehead atoms. The van der Waals surface area contributed by atoms with Gasteiger partial charge in [0, 0.05) is 24.2 Å². The van der Waals surface area contributed by atoms with Gasteiger partial charge in [-0.05, 0) is 55.0 Å². The lowest BCUT2D eigenvalue weighted by atomic mass is 10.1. The number of hydrogen-bond donors (Lipinski definition) is 4. The van der Waals surface area contributed by atoms with E-state index in [1.807, 2.05) is 80.6 Å². The summed E-state index contributed by atoms with van der Waals surface area (Å²) >= 11 is 0. The van der Waals surface area contributed by atoms with E-state index >= 15 is 0 Å². The predicted molar refractivity (Wildman–Crippen MR) is 254 cm³/mol. The van der Waals surface area contributed by atoms with Crippen molar-refractivity contribution >= 4 is 35.4 Å². The van der Waals surface area contributed by atoms with Crippen LogP contribution in [0.2, 0.25) is 0 Å². The van der Waals surface area contributed by atoms with Crippen LogP contribution in [0.4, 0.5) is 21.0 Å². The van der Waals surface area contributed by atoms with E-state index in [-0.39, 0.29) is 12.8 Å². The van der Waals surface area contributed by atoms with Crippen molar-refractivity contribution in [2.24, 2.45) is 0 Å². The summed E-state index contributed by atoms with van der Waals surface area (Å²) in [6.45, 7) is 8.79. The minimum absolute atomic E-state index is 0.275. The smallest absolute Gasteiger partial charge is 0.329 e. The standard InChI is InChI=1S/C52H78N4O6/c1-5-7-9-11-13-15-17-19-21-29-35-61-49(57)47(38-43-31-25-23-26-32-43)55-51(59)53-45-40-46(42(4)37-41(45)3)54-52(60)56-48(39-44-33-27-24-28-34-44)50(58)62-36-30-22-20-18-16-14-12-10-8-6-2/h23-28,31-34,37,40,47-48H,5-22,29-30,35-36,38-39H2,1-4H3,(H2,53,55,59)(H2,54,56,60)/t47-,48-/m0/s1. The fourth-order valence-corrected chi connectivity index (χ4v) is 7.57. The van der Waals surface area contributed by atoms with Gasteiger partial charge in [-0.1, -0.05) is 196 Å². The highest BCUT2D eigenvalue weighted by atomic mass is 16.5. The number of nitrogens with one attached hydrogen (secondary N) is 4. The van der Waals surface area contributed by atoms with Gasteiger partial charge in [0.25, 0.3) is 0 Å². The van der Waals surface area contributed by atoms with E-state index in [1.54, 1.807) is 6.07 Å². The number of carbonyl (C=O) groups is 4. The van der Waals surface area contributed by atoms with Gasteiger partial charge in [0.15, 0.2) is 0 Å². The number of unbranched alkanes of at least 4 members (excludes halogenated alkanes) is 18. The van der Waals surface area contributed by atoms with Gasteiger partial charge in [0.05, 0.1) is 13.2 Å². The second-order valence-corrected chi connectivity index (χ2v) is 16.9. The number of urea groups is 2. The van der Waals surface area contributed by atoms with Gasteiger partial charge in [0.1, 0.15) is 12.1 Å². The normalized spacial score (nSPS) is 11.9. The van der Waals surface area contributed by atoms with Crippen LogP contribution in [0, 0.1) is 13.8 Å². The zero-order valence-electron chi connectivity index (χ0n) is 38.5. The van der Waals surface area contributed by atoms with Crippen LogP contribution < -0.4 is 21.3 Å². The highest BCUT2D eigenvalue weighted by molar-refractivity contribution is 5.97. The van der Waals surface area contributed by atoms with Crippen LogP contribution in [0.5, 0.6) is 0 Å². The molecule has 10 heteroatoms. The van der Waals surface area contributed by atoms with E-state index < -0.39 is 36.1 Å². The average molecular weight is 855 g/mol. The van der Waals surface area contributed by atoms with Crippen molar-refractivity contribution in [2.75, 3.05) is 23.8 Å². The third-order valence-electron chi connectivity index (χ3n) is 11.3. The van der Waals surface area contributed by atoms with Crippen LogP contribution in [0.1, 0.15) is 165 Å². The summed E-state index contributed by atoms with van der Waals surface area (Å²) in [6.07, 6.45) is 24.2. The Morgan fingerprint density at radius 1 is 0.452 bits per heavy atom. The number of hydrogen-bond acceptors (Lipinski definition) is 6. The van der Waals surface area contributed by atoms with Crippen LogP contribution in [0.3, 0.4) is 0 Å². The van der Waals surface area contributed by atoms with Crippen molar-refractivity contribution in [3.8, 4) is 0 Å². The van der Waals surface area contributed by atoms with Gasteiger partial charge < -0.3 is 30.7 Å². The molecule has 0 spiro atoms. The number of benzene rings is 3. The molecule has 2 atom stereocenters. The molecule has 4 amide bonds. The zero-order chi connectivity index (χ0) is 44.6. The van der Waals surface area contributed by atoms with Crippen molar-refractivity contribution in [3.05, 3.63) is 95.1 Å². The molecule has 0 aliphatic carbocycles. The van der Waals surface area contributed by atoms with E-state index in [0.29, 0.717) is 24.6 Å². The number of amides is 4. The largest absolute Gasteiger partial charge is 0.464 e. The predicted octanol–water partition coefficient (Wildman–Crippen LogP) is 12.7. The third kappa shape index (κ3) is 22.3. The average Bonchev–Trinajstić information content (AvgIpc) is 3.26. The maximum absolute atomic E-state index is 13.5. The fraction of sp³-hybridized carbons (Fsp3) is 0.577. The molecule has 0 saturated heterocycles. The minimum atomic E-state index is -0.902. The molecule has 3 rings (SSSR count). The number of esters is 2. The van der Waals surface area contributed by atoms with Crippen molar-refractivity contribution < 1.29 is 28.7 Å². The molecule has 342 valence electrons. The van der Waals surface area contributed by atoms with Crippen molar-refractivity contribution in [2.45, 2.75) is 181 Å². The first kappa shape index (κ1) is 51.5. The van der Waals surface area contributed by atoms with E-state index in [0.717, 1.165) is 60.8 Å². The van der Waals surface area contributed by atoms with Crippen molar-refractivity contribution in [1.29, 1.82) is 0 Å². The van der Waals surface area contributed by atoms with E-state index in [1.165, 1.54) is 89.9 Å². The second-order valence-electron chi connectivity index (χ2n) is 16.9. The van der Waals surface area contributed by atoms with Gasteiger partial charge in [-0.2, -0.15) is 0 Å². The first-order valence-electron chi connectivity index (χ1n) is 23.9. The lowest BCUT2D eigenvalue weighted by molar-refractivity contribution is -0.146. The van der Waals surface area contributed by atoms with Crippen molar-refractivity contribution in [1.82, 2.24) is 10.6 Å². The summed E-state index contributed by atoms with van der Waals surface area (Å²) in [7, 11) is 0. The molecular formula is C52H78N4O6. The Balaban J connectivity index is 1.55. The molecule has 3 aromatic rings. The van der Waals surface area contributed by atoms with Crippen LogP contribution in [0.15, 0.2) is 72.8 Å². The van der Waals surface area contributed by atoms with Gasteiger partial charge >= 0.3 is 24.0 Å². The number of carbonyl (C=O) groups excluding carboxylic acids is 4. The van der Waals surface area contributed by atoms with Gasteiger partial charge in [0.2, 0.25) is 0 Å². The third-order valence-corrected chi connectivity index (χ3v) is 11.3. The maximum atomic E-state index is 13.5. The molecule has 62 heavy (non-hydrogen) atoms. The van der Waals surface area contributed by atoms with Crippen LogP contribution in [0.25, 0.3) is 0 Å². The maximum Gasteiger partial charge on any atom is 0.329 e. The van der Waals surface area contributed by atoms with E-state index in [9.17, 15) is 19.2 Å². The summed E-state index contributed by atoms with van der Waals surface area (Å²) in [5, 5.41) is 11.4. The SMILES string of the molecule is CCCCCCCCCCCCOC(=O)[C@H](Cc1ccccc1)NC(=O)Nc1cc(NC(=O)N[C@@H](Cc2ccccc2)C(=O)OCCCCCCCCCCCC)c(C)cc1C. The Kier molecular flexibility index (Phi) is 26.5. The topological polar surface area (TPSA) is 135 Å². The molecule has 0 heterocycles. The molecule has 0 fully saturated rings. The lowest BCUT2D eigenvalue weighted by Gasteiger charge is -2.21. The number of ether oxygens (including phenoxy) is 2. The molecule has 0 aliphatic rings. The van der Waals surface area contributed by atoms with E-state index in [4.69, 9.17) is 9.47 Å². The lowest BCUT2D eigenvalue weighted by Crippen LogP contribution is -2.45. The van der Waals surface area contributed by atoms with Crippen molar-refractivity contribution in [3.63, 3.8) is 0 Å². The van der Waals surface area contributed by atoms with Gasteiger partial charge in [-0.15, -0.1) is 0 Å². The number of aryl methyl sites for hydroxylation is 2. The molecule has 0 saturated carbocycles. The number of anilines is 2. The summed E-state index contributed by atoms with van der Waals surface area (Å²) in [5.74, 6) is -0.960. The van der Waals surface area contributed by atoms with Crippen LogP contribution in [-0.2, 0) is 31.9 Å². The van der Waals surface area contributed by atoms with Crippen LogP contribution >= 0.6 is 0 Å². The molecule has 3 aromatic carbocycles. The Bertz CT molecular complexity index is 1580. The van der Waals surface area contributed by atoms with Gasteiger partial charge in [-0.3, -0.25) is 0 Å². The monoisotopic (exact) mass is 855 g/mol. The first-order valence-corrected chi connectivity index (χ1v) is 23.9. The molecule has 10 nitrogen and oxygen atoms in total. The molecular weight excluding hydrogens is 777 g/mol. The summed E-state index contributed by atoms with van der Waals surface area (Å²) in [5.41, 5.74) is 4.24. The summed E-state index contributed by atoms with van der Waals surface area (Å²) in [6, 6.07) is 19.6.